The molecule has 1 amide bonds. The molecule has 42 heavy (non-hydrogen) atoms. The smallest absolute Gasteiger partial charge is 0.408 e. The third-order valence-corrected chi connectivity index (χ3v) is 6.77. The van der Waals surface area contributed by atoms with Crippen LogP contribution in [0, 0.1) is 25.5 Å². The van der Waals surface area contributed by atoms with Crippen LogP contribution < -0.4 is 10.6 Å². The van der Waals surface area contributed by atoms with Gasteiger partial charge in [-0.05, 0) is 55.7 Å². The third-order valence-electron chi connectivity index (χ3n) is 6.77. The van der Waals surface area contributed by atoms with Crippen LogP contribution in [-0.4, -0.2) is 50.2 Å². The molecule has 0 aliphatic heterocycles. The number of aromatic nitrogens is 3. The summed E-state index contributed by atoms with van der Waals surface area (Å²) in [5.41, 5.74) is 1.58. The summed E-state index contributed by atoms with van der Waals surface area (Å²) in [4.78, 5) is 38.2. The van der Waals surface area contributed by atoms with E-state index >= 15 is 0 Å². The number of carboxylic acid groups (broad SMARTS) is 1. The van der Waals surface area contributed by atoms with Crippen molar-refractivity contribution in [3.8, 4) is 11.4 Å². The Balaban J connectivity index is 1.61. The summed E-state index contributed by atoms with van der Waals surface area (Å²) in [6, 6.07) is 4.08. The summed E-state index contributed by atoms with van der Waals surface area (Å²) in [5, 5.41) is 14.5. The number of hydrogen-bond donors (Lipinski definition) is 3. The minimum absolute atomic E-state index is 0.274. The van der Waals surface area contributed by atoms with E-state index in [1.165, 1.54) is 6.92 Å². The summed E-state index contributed by atoms with van der Waals surface area (Å²) in [5.74, 6) is -5.35. The average molecular weight is 588 g/mol. The maximum atomic E-state index is 14.8. The van der Waals surface area contributed by atoms with Gasteiger partial charge in [0.1, 0.15) is 29.3 Å². The van der Waals surface area contributed by atoms with Crippen LogP contribution in [0.15, 0.2) is 48.8 Å². The van der Waals surface area contributed by atoms with E-state index in [0.717, 1.165) is 11.3 Å². The van der Waals surface area contributed by atoms with Crippen molar-refractivity contribution in [3.63, 3.8) is 0 Å². The summed E-state index contributed by atoms with van der Waals surface area (Å²) in [7, 11) is 0. The van der Waals surface area contributed by atoms with Gasteiger partial charge >= 0.3 is 12.1 Å². The molecule has 2 atom stereocenters. The summed E-state index contributed by atoms with van der Waals surface area (Å²) < 4.78 is 68.7. The number of hydrogen-bond acceptors (Lipinski definition) is 6. The first-order valence-corrected chi connectivity index (χ1v) is 12.8. The van der Waals surface area contributed by atoms with Gasteiger partial charge in [-0.1, -0.05) is 19.1 Å². The largest absolute Gasteiger partial charge is 0.480 e. The van der Waals surface area contributed by atoms with Crippen molar-refractivity contribution in [1.29, 1.82) is 0 Å². The molecule has 2 heterocycles. The van der Waals surface area contributed by atoms with Gasteiger partial charge in [-0.15, -0.1) is 0 Å². The Kier molecular flexibility index (Phi) is 8.69. The molecule has 0 saturated heterocycles. The van der Waals surface area contributed by atoms with Crippen molar-refractivity contribution >= 4 is 28.5 Å². The SMILES string of the molecule is CC[C@@H](Nc1cc(F)c(C(=O)N[C@@H](Cc2ccc(-c3ncc(C)c(C)n3)c3ncccc23)C(=O)O)c(F)c1)C(F)(F)F. The molecule has 0 aliphatic rings. The van der Waals surface area contributed by atoms with Gasteiger partial charge in [0.15, 0.2) is 5.82 Å². The monoisotopic (exact) mass is 587 g/mol. The number of aryl methyl sites for hydroxylation is 2. The molecule has 2 aromatic heterocycles. The van der Waals surface area contributed by atoms with E-state index in [9.17, 15) is 36.6 Å². The van der Waals surface area contributed by atoms with Crippen molar-refractivity contribution in [2.45, 2.75) is 51.9 Å². The molecule has 0 fully saturated rings. The molecule has 0 spiro atoms. The van der Waals surface area contributed by atoms with Crippen molar-refractivity contribution < 1.29 is 36.6 Å². The van der Waals surface area contributed by atoms with Gasteiger partial charge in [-0.3, -0.25) is 9.78 Å². The minimum Gasteiger partial charge on any atom is -0.480 e. The summed E-state index contributed by atoms with van der Waals surface area (Å²) in [6.07, 6.45) is -2.12. The second kappa shape index (κ2) is 12.0. The summed E-state index contributed by atoms with van der Waals surface area (Å²) in [6.45, 7) is 4.96. The topological polar surface area (TPSA) is 117 Å². The second-order valence-electron chi connectivity index (χ2n) is 9.66. The molecule has 0 bridgehead atoms. The number of aliphatic carboxylic acids is 1. The molecule has 0 saturated carbocycles. The Morgan fingerprint density at radius 1 is 1.05 bits per heavy atom. The lowest BCUT2D eigenvalue weighted by Crippen LogP contribution is -2.43. The van der Waals surface area contributed by atoms with Gasteiger partial charge in [-0.2, -0.15) is 13.2 Å². The maximum Gasteiger partial charge on any atom is 0.408 e. The number of halogens is 5. The number of benzene rings is 2. The number of pyridine rings is 1. The van der Waals surface area contributed by atoms with E-state index in [1.54, 1.807) is 36.7 Å². The van der Waals surface area contributed by atoms with Crippen molar-refractivity contribution in [3.05, 3.63) is 82.8 Å². The average Bonchev–Trinajstić information content (AvgIpc) is 2.92. The number of carbonyl (C=O) groups excluding carboxylic acids is 1. The normalized spacial score (nSPS) is 13.0. The lowest BCUT2D eigenvalue weighted by molar-refractivity contribution is -0.143. The summed E-state index contributed by atoms with van der Waals surface area (Å²) >= 11 is 0. The molecule has 0 unspecified atom stereocenters. The highest BCUT2D eigenvalue weighted by Crippen LogP contribution is 2.30. The van der Waals surface area contributed by atoms with Gasteiger partial charge < -0.3 is 15.7 Å². The number of nitrogens with one attached hydrogen (secondary N) is 2. The number of anilines is 1. The molecular formula is C29H26F5N5O3. The Morgan fingerprint density at radius 2 is 1.74 bits per heavy atom. The Morgan fingerprint density at radius 3 is 2.33 bits per heavy atom. The number of carboxylic acids is 1. The molecule has 4 rings (SSSR count). The number of amides is 1. The zero-order valence-electron chi connectivity index (χ0n) is 22.7. The first kappa shape index (κ1) is 30.3. The van der Waals surface area contributed by atoms with Crippen molar-refractivity contribution in [1.82, 2.24) is 20.3 Å². The van der Waals surface area contributed by atoms with Crippen LogP contribution in [0.25, 0.3) is 22.3 Å². The van der Waals surface area contributed by atoms with Crippen molar-refractivity contribution in [2.24, 2.45) is 0 Å². The third kappa shape index (κ3) is 6.45. The fourth-order valence-electron chi connectivity index (χ4n) is 4.39. The molecule has 0 aliphatic carbocycles. The van der Waals surface area contributed by atoms with E-state index in [-0.39, 0.29) is 6.42 Å². The lowest BCUT2D eigenvalue weighted by Gasteiger charge is -2.22. The zero-order valence-corrected chi connectivity index (χ0v) is 22.7. The van der Waals surface area contributed by atoms with Crippen LogP contribution in [-0.2, 0) is 11.2 Å². The number of carbonyl (C=O) groups is 2. The minimum atomic E-state index is -4.67. The Bertz CT molecular complexity index is 1640. The first-order chi connectivity index (χ1) is 19.8. The van der Waals surface area contributed by atoms with Gasteiger partial charge in [0.2, 0.25) is 0 Å². The highest BCUT2D eigenvalue weighted by molar-refractivity contribution is 5.98. The van der Waals surface area contributed by atoms with E-state index in [1.807, 2.05) is 19.2 Å². The van der Waals surface area contributed by atoms with E-state index in [0.29, 0.717) is 40.0 Å². The molecule has 4 aromatic rings. The number of nitrogens with zero attached hydrogens (tertiary/aromatic N) is 3. The molecular weight excluding hydrogens is 561 g/mol. The fraction of sp³-hybridized carbons (Fsp3) is 0.276. The van der Waals surface area contributed by atoms with Crippen molar-refractivity contribution in [2.75, 3.05) is 5.32 Å². The number of alkyl halides is 3. The van der Waals surface area contributed by atoms with Crippen LogP contribution in [0.5, 0.6) is 0 Å². The molecule has 8 nitrogen and oxygen atoms in total. The lowest BCUT2D eigenvalue weighted by atomic mass is 9.97. The Hall–Kier alpha value is -4.68. The molecule has 2 aromatic carbocycles. The Labute approximate surface area is 237 Å². The van der Waals surface area contributed by atoms with Gasteiger partial charge in [0.25, 0.3) is 5.91 Å². The first-order valence-electron chi connectivity index (χ1n) is 12.8. The molecule has 13 heteroatoms. The number of rotatable bonds is 9. The van der Waals surface area contributed by atoms with Gasteiger partial charge in [-0.25, -0.2) is 23.5 Å². The second-order valence-corrected chi connectivity index (χ2v) is 9.66. The van der Waals surface area contributed by atoms with Crippen LogP contribution in [0.2, 0.25) is 0 Å². The fourth-order valence-corrected chi connectivity index (χ4v) is 4.39. The van der Waals surface area contributed by atoms with Crippen LogP contribution >= 0.6 is 0 Å². The number of fused-ring (bicyclic) bond motifs is 1. The van der Waals surface area contributed by atoms with E-state index in [2.05, 4.69) is 20.3 Å². The van der Waals surface area contributed by atoms with Gasteiger partial charge in [0, 0.05) is 41.1 Å². The molecule has 3 N–H and O–H groups in total. The maximum absolute atomic E-state index is 14.8. The highest BCUT2D eigenvalue weighted by atomic mass is 19.4. The van der Waals surface area contributed by atoms with Crippen LogP contribution in [0.3, 0.4) is 0 Å². The van der Waals surface area contributed by atoms with E-state index in [4.69, 9.17) is 0 Å². The van der Waals surface area contributed by atoms with Gasteiger partial charge in [0.05, 0.1) is 5.52 Å². The van der Waals surface area contributed by atoms with Crippen LogP contribution in [0.4, 0.5) is 27.6 Å². The zero-order chi connectivity index (χ0) is 30.8. The van der Waals surface area contributed by atoms with E-state index < -0.39 is 59.4 Å². The quantitative estimate of drug-likeness (QED) is 0.213. The molecule has 0 radical (unpaired) electrons. The molecule has 220 valence electrons. The van der Waals surface area contributed by atoms with Crippen LogP contribution in [0.1, 0.15) is 40.5 Å². The predicted octanol–water partition coefficient (Wildman–Crippen LogP) is 5.77. The standard InChI is InChI=1S/C29H26F5N5O3/c1-4-23(29(32,33)34)38-17-11-20(30)24(21(31)12-17)27(40)39-22(28(41)42)10-16-7-8-19(25-18(16)6-5-9-35-25)26-36-13-14(2)15(3)37-26/h5-9,11-13,22-23,38H,4,10H2,1-3H3,(H,39,40)(H,41,42)/t22-,23+/m0/s1. The highest BCUT2D eigenvalue weighted by Gasteiger charge is 2.38. The predicted molar refractivity (Wildman–Crippen MR) is 145 cm³/mol.